The molecule has 2 atom stereocenters. The molecule has 2 aromatic carbocycles. The van der Waals surface area contributed by atoms with Crippen LogP contribution in [0.25, 0.3) is 0 Å². The van der Waals surface area contributed by atoms with Crippen LogP contribution in [0, 0.1) is 0 Å². The average molecular weight is 529 g/mol. The highest BCUT2D eigenvalue weighted by Gasteiger charge is 2.39. The minimum absolute atomic E-state index is 0.0173. The first-order valence-electron chi connectivity index (χ1n) is 16.3. The van der Waals surface area contributed by atoms with E-state index in [1.165, 1.54) is 113 Å². The predicted octanol–water partition coefficient (Wildman–Crippen LogP) is 11.1. The van der Waals surface area contributed by atoms with Crippen LogP contribution in [0.2, 0.25) is 0 Å². The van der Waals surface area contributed by atoms with Crippen molar-refractivity contribution >= 4 is 0 Å². The van der Waals surface area contributed by atoms with Crippen molar-refractivity contribution in [1.82, 2.24) is 9.55 Å². The van der Waals surface area contributed by atoms with Gasteiger partial charge in [-0.25, -0.2) is 4.98 Å². The maximum atomic E-state index is 5.06. The summed E-state index contributed by atoms with van der Waals surface area (Å²) in [5, 5.41) is 0. The molecule has 0 aliphatic carbocycles. The highest BCUT2D eigenvalue weighted by atomic mass is 15.1. The quantitative estimate of drug-likeness (QED) is 0.126. The Morgan fingerprint density at radius 1 is 0.667 bits per heavy atom. The summed E-state index contributed by atoms with van der Waals surface area (Å²) in [6, 6.07) is 22.3. The summed E-state index contributed by atoms with van der Waals surface area (Å²) in [6.45, 7) is 8.19. The molecule has 2 unspecified atom stereocenters. The second-order valence-corrected chi connectivity index (χ2v) is 12.0. The summed E-state index contributed by atoms with van der Waals surface area (Å²) in [5.41, 5.74) is 2.82. The normalized spacial score (nSPS) is 13.8. The van der Waals surface area contributed by atoms with E-state index in [1.807, 2.05) is 0 Å². The Balaban J connectivity index is 1.67. The number of hydrogen-bond donors (Lipinski definition) is 0. The van der Waals surface area contributed by atoms with Crippen LogP contribution in [0.4, 0.5) is 0 Å². The maximum Gasteiger partial charge on any atom is 0.112 e. The third-order valence-electron chi connectivity index (χ3n) is 8.77. The fourth-order valence-corrected chi connectivity index (χ4v) is 6.36. The van der Waals surface area contributed by atoms with E-state index in [9.17, 15) is 0 Å². The molecule has 3 aromatic rings. The predicted molar refractivity (Wildman–Crippen MR) is 170 cm³/mol. The first-order valence-corrected chi connectivity index (χ1v) is 16.3. The van der Waals surface area contributed by atoms with Gasteiger partial charge in [-0.1, -0.05) is 165 Å². The van der Waals surface area contributed by atoms with Crippen LogP contribution in [0.5, 0.6) is 0 Å². The lowest BCUT2D eigenvalue weighted by atomic mass is 9.66. The van der Waals surface area contributed by atoms with Crippen LogP contribution >= 0.6 is 0 Å². The van der Waals surface area contributed by atoms with Gasteiger partial charge in [0.2, 0.25) is 0 Å². The number of aromatic nitrogens is 2. The van der Waals surface area contributed by atoms with Crippen LogP contribution in [0.15, 0.2) is 73.1 Å². The van der Waals surface area contributed by atoms with Gasteiger partial charge in [-0.3, -0.25) is 0 Å². The van der Waals surface area contributed by atoms with Crippen molar-refractivity contribution in [2.75, 3.05) is 0 Å². The third-order valence-corrected chi connectivity index (χ3v) is 8.77. The molecule has 0 aliphatic rings. The van der Waals surface area contributed by atoms with Crippen molar-refractivity contribution in [2.45, 2.75) is 141 Å². The second kappa shape index (κ2) is 18.1. The number of nitrogens with zero attached hydrogens (tertiary/aromatic N) is 2. The lowest BCUT2D eigenvalue weighted by Crippen LogP contribution is -2.35. The molecule has 1 aromatic heterocycles. The first-order chi connectivity index (χ1) is 19.2. The Kier molecular flexibility index (Phi) is 14.5. The zero-order valence-corrected chi connectivity index (χ0v) is 25.4. The highest BCUT2D eigenvalue weighted by molar-refractivity contribution is 5.33. The molecule has 0 bridgehead atoms. The molecule has 1 heterocycles. The van der Waals surface area contributed by atoms with Gasteiger partial charge in [0.1, 0.15) is 5.82 Å². The summed E-state index contributed by atoms with van der Waals surface area (Å²) in [5.74, 6) is 1.68. The molecule has 2 nitrogen and oxygen atoms in total. The number of benzene rings is 2. The van der Waals surface area contributed by atoms with Crippen molar-refractivity contribution in [3.05, 3.63) is 90.0 Å². The fourth-order valence-electron chi connectivity index (χ4n) is 6.36. The molecule has 0 saturated heterocycles. The standard InChI is InChI=1S/C37H56N2/c1-4-6-8-9-10-11-12-13-14-15-23-30-39-31-29-38-36(39)35(28-18-7-5-2)37(3,34-26-21-17-22-27-34)32-33-24-19-16-20-25-33/h16-17,19-22,24-27,29,31,35H,4-15,18,23,28,30,32H2,1-3H3. The van der Waals surface area contributed by atoms with Crippen molar-refractivity contribution in [3.8, 4) is 0 Å². The van der Waals surface area contributed by atoms with E-state index in [0.717, 1.165) is 13.0 Å². The smallest absolute Gasteiger partial charge is 0.112 e. The first kappa shape index (κ1) is 31.2. The molecule has 214 valence electrons. The number of unbranched alkanes of at least 4 members (excludes halogenated alkanes) is 12. The monoisotopic (exact) mass is 528 g/mol. The molecule has 0 N–H and O–H groups in total. The third kappa shape index (κ3) is 10.3. The van der Waals surface area contributed by atoms with Gasteiger partial charge in [0.15, 0.2) is 0 Å². The van der Waals surface area contributed by atoms with Gasteiger partial charge in [-0.15, -0.1) is 0 Å². The zero-order valence-electron chi connectivity index (χ0n) is 25.4. The lowest BCUT2D eigenvalue weighted by Gasteiger charge is -2.39. The average Bonchev–Trinajstić information content (AvgIpc) is 3.43. The largest absolute Gasteiger partial charge is 0.335 e. The molecule has 0 radical (unpaired) electrons. The van der Waals surface area contributed by atoms with Gasteiger partial charge in [0, 0.05) is 30.3 Å². The number of aryl methyl sites for hydroxylation is 1. The molecular weight excluding hydrogens is 472 g/mol. The summed E-state index contributed by atoms with van der Waals surface area (Å²) in [7, 11) is 0. The molecule has 3 rings (SSSR count). The van der Waals surface area contributed by atoms with E-state index in [-0.39, 0.29) is 5.41 Å². The maximum absolute atomic E-state index is 5.06. The van der Waals surface area contributed by atoms with Crippen molar-refractivity contribution in [1.29, 1.82) is 0 Å². The minimum Gasteiger partial charge on any atom is -0.335 e. The molecular formula is C37H56N2. The van der Waals surface area contributed by atoms with E-state index in [4.69, 9.17) is 4.98 Å². The molecule has 0 fully saturated rings. The molecule has 0 saturated carbocycles. The molecule has 0 spiro atoms. The molecule has 39 heavy (non-hydrogen) atoms. The van der Waals surface area contributed by atoms with Gasteiger partial charge >= 0.3 is 0 Å². The topological polar surface area (TPSA) is 17.8 Å². The van der Waals surface area contributed by atoms with Crippen LogP contribution in [0.1, 0.15) is 140 Å². The van der Waals surface area contributed by atoms with E-state index in [0.29, 0.717) is 5.92 Å². The summed E-state index contributed by atoms with van der Waals surface area (Å²) in [4.78, 5) is 5.06. The number of hydrogen-bond acceptors (Lipinski definition) is 1. The Morgan fingerprint density at radius 3 is 1.82 bits per heavy atom. The Morgan fingerprint density at radius 2 is 1.21 bits per heavy atom. The van der Waals surface area contributed by atoms with Crippen molar-refractivity contribution in [3.63, 3.8) is 0 Å². The van der Waals surface area contributed by atoms with Crippen molar-refractivity contribution in [2.24, 2.45) is 0 Å². The summed E-state index contributed by atoms with van der Waals surface area (Å²) in [6.07, 6.45) is 25.5. The fraction of sp³-hybridized carbons (Fsp3) is 0.595. The zero-order chi connectivity index (χ0) is 27.6. The van der Waals surface area contributed by atoms with Crippen LogP contribution in [-0.2, 0) is 18.4 Å². The Hall–Kier alpha value is -2.35. The summed E-state index contributed by atoms with van der Waals surface area (Å²) >= 11 is 0. The Bertz CT molecular complexity index is 993. The molecule has 0 aliphatic heterocycles. The van der Waals surface area contributed by atoms with Crippen molar-refractivity contribution < 1.29 is 0 Å². The van der Waals surface area contributed by atoms with Gasteiger partial charge in [-0.05, 0) is 30.4 Å². The van der Waals surface area contributed by atoms with E-state index < -0.39 is 0 Å². The van der Waals surface area contributed by atoms with Crippen LogP contribution in [-0.4, -0.2) is 9.55 Å². The summed E-state index contributed by atoms with van der Waals surface area (Å²) < 4.78 is 2.50. The number of rotatable bonds is 21. The second-order valence-electron chi connectivity index (χ2n) is 12.0. The number of imidazole rings is 1. The van der Waals surface area contributed by atoms with Gasteiger partial charge in [-0.2, -0.15) is 0 Å². The lowest BCUT2D eigenvalue weighted by molar-refractivity contribution is 0.322. The van der Waals surface area contributed by atoms with E-state index in [1.54, 1.807) is 0 Å². The van der Waals surface area contributed by atoms with Gasteiger partial charge < -0.3 is 4.57 Å². The Labute approximate surface area is 240 Å². The van der Waals surface area contributed by atoms with Gasteiger partial charge in [0.05, 0.1) is 0 Å². The van der Waals surface area contributed by atoms with Crippen LogP contribution < -0.4 is 0 Å². The molecule has 0 amide bonds. The van der Waals surface area contributed by atoms with Crippen LogP contribution in [0.3, 0.4) is 0 Å². The SMILES string of the molecule is CCCCCCCCCCCCCn1ccnc1C(CCCCC)C(C)(Cc1ccccc1)c1ccccc1. The highest BCUT2D eigenvalue weighted by Crippen LogP contribution is 2.44. The minimum atomic E-state index is -0.0173. The van der Waals surface area contributed by atoms with Gasteiger partial charge in [0.25, 0.3) is 0 Å². The van der Waals surface area contributed by atoms with E-state index >= 15 is 0 Å². The van der Waals surface area contributed by atoms with E-state index in [2.05, 4.69) is 98.4 Å². The molecule has 2 heteroatoms.